The number of pyridine rings is 1. The van der Waals surface area contributed by atoms with Crippen LogP contribution in [0.25, 0.3) is 17.1 Å². The first-order chi connectivity index (χ1) is 11.7. The predicted octanol–water partition coefficient (Wildman–Crippen LogP) is 2.80. The lowest BCUT2D eigenvalue weighted by molar-refractivity contribution is 0.497. The molecule has 7 nitrogen and oxygen atoms in total. The Kier molecular flexibility index (Phi) is 3.48. The van der Waals surface area contributed by atoms with E-state index in [4.69, 9.17) is 4.98 Å². The molecule has 0 radical (unpaired) electrons. The number of rotatable bonds is 3. The van der Waals surface area contributed by atoms with Crippen LogP contribution in [0.15, 0.2) is 37.1 Å². The number of nitrogens with zero attached hydrogens (tertiary/aromatic N) is 7. The van der Waals surface area contributed by atoms with Crippen LogP contribution < -0.4 is 4.90 Å². The molecule has 1 aliphatic rings. The first-order valence-electron chi connectivity index (χ1n) is 8.16. The van der Waals surface area contributed by atoms with Crippen molar-refractivity contribution in [2.75, 3.05) is 4.90 Å². The van der Waals surface area contributed by atoms with Crippen LogP contribution in [0.4, 0.5) is 5.82 Å². The molecule has 0 aromatic carbocycles. The van der Waals surface area contributed by atoms with Gasteiger partial charge in [-0.3, -0.25) is 9.55 Å². The topological polar surface area (TPSA) is 72.6 Å². The van der Waals surface area contributed by atoms with Crippen LogP contribution in [-0.2, 0) is 0 Å². The maximum absolute atomic E-state index is 4.87. The Morgan fingerprint density at radius 3 is 2.71 bits per heavy atom. The van der Waals surface area contributed by atoms with Gasteiger partial charge in [0.25, 0.3) is 0 Å². The molecule has 1 aliphatic heterocycles. The highest BCUT2D eigenvalue weighted by atomic mass is 15.4. The van der Waals surface area contributed by atoms with Crippen molar-refractivity contribution in [3.05, 3.63) is 42.9 Å². The molecule has 0 saturated heterocycles. The normalized spacial score (nSPS) is 16.2. The Morgan fingerprint density at radius 1 is 1.21 bits per heavy atom. The third kappa shape index (κ3) is 2.16. The molecule has 4 rings (SSSR count). The molecule has 1 atom stereocenters. The highest BCUT2D eigenvalue weighted by Crippen LogP contribution is 2.39. The lowest BCUT2D eigenvalue weighted by Gasteiger charge is -2.39. The first kappa shape index (κ1) is 14.7. The van der Waals surface area contributed by atoms with Crippen molar-refractivity contribution in [1.29, 1.82) is 0 Å². The van der Waals surface area contributed by atoms with E-state index < -0.39 is 0 Å². The summed E-state index contributed by atoms with van der Waals surface area (Å²) in [7, 11) is 0. The van der Waals surface area contributed by atoms with Gasteiger partial charge in [-0.2, -0.15) is 0 Å². The zero-order valence-electron chi connectivity index (χ0n) is 14.0. The first-order valence-corrected chi connectivity index (χ1v) is 8.16. The summed E-state index contributed by atoms with van der Waals surface area (Å²) in [5.41, 5.74) is 1.88. The summed E-state index contributed by atoms with van der Waals surface area (Å²) in [6.45, 7) is 6.51. The van der Waals surface area contributed by atoms with Gasteiger partial charge in [0.15, 0.2) is 17.5 Å². The number of fused-ring (bicyclic) bond motifs is 3. The summed E-state index contributed by atoms with van der Waals surface area (Å²) in [6, 6.07) is 4.29. The number of hydrogen-bond acceptors (Lipinski definition) is 6. The molecule has 24 heavy (non-hydrogen) atoms. The van der Waals surface area contributed by atoms with Crippen LogP contribution in [0.5, 0.6) is 0 Å². The highest BCUT2D eigenvalue weighted by molar-refractivity contribution is 5.66. The zero-order valence-corrected chi connectivity index (χ0v) is 14.0. The lowest BCUT2D eigenvalue weighted by atomic mass is 10.1. The molecule has 3 aromatic rings. The van der Waals surface area contributed by atoms with E-state index in [1.807, 2.05) is 22.9 Å². The van der Waals surface area contributed by atoms with Gasteiger partial charge < -0.3 is 4.90 Å². The number of hydrogen-bond donors (Lipinski definition) is 0. The minimum Gasteiger partial charge on any atom is -0.342 e. The average molecular weight is 321 g/mol. The van der Waals surface area contributed by atoms with Crippen LogP contribution in [0.2, 0.25) is 0 Å². The second-order valence-electron chi connectivity index (χ2n) is 6.12. The van der Waals surface area contributed by atoms with Crippen molar-refractivity contribution in [1.82, 2.24) is 29.7 Å². The van der Waals surface area contributed by atoms with Crippen LogP contribution in [-0.4, -0.2) is 35.8 Å². The lowest BCUT2D eigenvalue weighted by Crippen LogP contribution is -2.40. The molecule has 4 heterocycles. The summed E-state index contributed by atoms with van der Waals surface area (Å²) in [5, 5.41) is 8.43. The largest absolute Gasteiger partial charge is 0.342 e. The van der Waals surface area contributed by atoms with Crippen LogP contribution >= 0.6 is 0 Å². The maximum atomic E-state index is 4.87. The minimum absolute atomic E-state index is 0.153. The quantitative estimate of drug-likeness (QED) is 0.738. The van der Waals surface area contributed by atoms with Gasteiger partial charge in [-0.05, 0) is 32.4 Å². The summed E-state index contributed by atoms with van der Waals surface area (Å²) >= 11 is 0. The second kappa shape index (κ2) is 5.67. The van der Waals surface area contributed by atoms with E-state index >= 15 is 0 Å². The van der Waals surface area contributed by atoms with Gasteiger partial charge in [0.05, 0.1) is 12.2 Å². The molecule has 7 heteroatoms. The average Bonchev–Trinajstić information content (AvgIpc) is 3.10. The third-order valence-corrected chi connectivity index (χ3v) is 4.34. The van der Waals surface area contributed by atoms with Gasteiger partial charge >= 0.3 is 0 Å². The van der Waals surface area contributed by atoms with Crippen LogP contribution in [0.3, 0.4) is 0 Å². The fourth-order valence-electron chi connectivity index (χ4n) is 3.28. The Labute approximate surface area is 140 Å². The molecule has 1 unspecified atom stereocenters. The van der Waals surface area contributed by atoms with Gasteiger partial charge in [0.2, 0.25) is 0 Å². The molecule has 0 amide bonds. The Balaban J connectivity index is 1.92. The molecule has 0 bridgehead atoms. The summed E-state index contributed by atoms with van der Waals surface area (Å²) < 4.78 is 2.00. The maximum Gasteiger partial charge on any atom is 0.161 e. The molecular weight excluding hydrogens is 302 g/mol. The SMILES string of the molecule is CCC1c2nncn2-c2cnc(-c3ccncc3)nc2N1C(C)C. The van der Waals surface area contributed by atoms with Gasteiger partial charge in [-0.15, -0.1) is 10.2 Å². The predicted molar refractivity (Wildman–Crippen MR) is 90.8 cm³/mol. The molecule has 0 fully saturated rings. The molecule has 0 spiro atoms. The van der Waals surface area contributed by atoms with E-state index in [1.165, 1.54) is 0 Å². The molecule has 0 aliphatic carbocycles. The second-order valence-corrected chi connectivity index (χ2v) is 6.12. The zero-order chi connectivity index (χ0) is 16.7. The number of anilines is 1. The monoisotopic (exact) mass is 321 g/mol. The molecule has 0 N–H and O–H groups in total. The van der Waals surface area contributed by atoms with Crippen LogP contribution in [0, 0.1) is 0 Å². The van der Waals surface area contributed by atoms with Gasteiger partial charge in [0, 0.05) is 24.0 Å². The summed E-state index contributed by atoms with van der Waals surface area (Å²) in [4.78, 5) is 15.8. The molecular formula is C17H19N7. The Bertz CT molecular complexity index is 856. The smallest absolute Gasteiger partial charge is 0.161 e. The van der Waals surface area contributed by atoms with Crippen molar-refractivity contribution in [2.45, 2.75) is 39.3 Å². The molecule has 3 aromatic heterocycles. The molecule has 122 valence electrons. The van der Waals surface area contributed by atoms with Crippen molar-refractivity contribution >= 4 is 5.82 Å². The fourth-order valence-corrected chi connectivity index (χ4v) is 3.28. The van der Waals surface area contributed by atoms with E-state index in [-0.39, 0.29) is 6.04 Å². The van der Waals surface area contributed by atoms with E-state index in [0.717, 1.165) is 29.3 Å². The summed E-state index contributed by atoms with van der Waals surface area (Å²) in [6.07, 6.45) is 8.04. The van der Waals surface area contributed by atoms with Gasteiger partial charge in [-0.25, -0.2) is 9.97 Å². The Morgan fingerprint density at radius 2 is 2.00 bits per heavy atom. The number of aromatic nitrogens is 6. The van der Waals surface area contributed by atoms with E-state index in [9.17, 15) is 0 Å². The van der Waals surface area contributed by atoms with Gasteiger partial charge in [0.1, 0.15) is 12.0 Å². The van der Waals surface area contributed by atoms with Crippen molar-refractivity contribution < 1.29 is 0 Å². The van der Waals surface area contributed by atoms with E-state index in [0.29, 0.717) is 11.9 Å². The van der Waals surface area contributed by atoms with E-state index in [2.05, 4.69) is 45.8 Å². The third-order valence-electron chi connectivity index (χ3n) is 4.34. The summed E-state index contributed by atoms with van der Waals surface area (Å²) in [5.74, 6) is 2.57. The standard InChI is InChI=1S/C17H19N7/c1-4-13-17-22-20-10-23(17)14-9-19-15(12-5-7-18-8-6-12)21-16(14)24(13)11(2)3/h5-11,13H,4H2,1-3H3. The van der Waals surface area contributed by atoms with Crippen molar-refractivity contribution in [2.24, 2.45) is 0 Å². The Hall–Kier alpha value is -2.83. The van der Waals surface area contributed by atoms with Crippen molar-refractivity contribution in [3.8, 4) is 17.1 Å². The molecule has 0 saturated carbocycles. The fraction of sp³-hybridized carbons (Fsp3) is 0.353. The minimum atomic E-state index is 0.153. The van der Waals surface area contributed by atoms with Gasteiger partial charge in [-0.1, -0.05) is 6.92 Å². The van der Waals surface area contributed by atoms with E-state index in [1.54, 1.807) is 18.7 Å². The van der Waals surface area contributed by atoms with Crippen LogP contribution in [0.1, 0.15) is 39.1 Å². The van der Waals surface area contributed by atoms with Crippen molar-refractivity contribution in [3.63, 3.8) is 0 Å². The highest BCUT2D eigenvalue weighted by Gasteiger charge is 2.34.